The molecule has 0 bridgehead atoms. The SMILES string of the molecule is Cc1c(O)cccc1[C@](C)(N)C(=O)O. The highest BCUT2D eigenvalue weighted by Gasteiger charge is 2.32. The first-order valence-electron chi connectivity index (χ1n) is 4.18. The van der Waals surface area contributed by atoms with Crippen molar-refractivity contribution in [1.82, 2.24) is 0 Å². The highest BCUT2D eigenvalue weighted by atomic mass is 16.4. The van der Waals surface area contributed by atoms with Crippen molar-refractivity contribution in [3.8, 4) is 5.75 Å². The summed E-state index contributed by atoms with van der Waals surface area (Å²) in [6.45, 7) is 3.04. The Bertz CT molecular complexity index is 372. The van der Waals surface area contributed by atoms with Gasteiger partial charge in [-0.2, -0.15) is 0 Å². The van der Waals surface area contributed by atoms with Crippen LogP contribution in [0.1, 0.15) is 18.1 Å². The number of phenolic OH excluding ortho intramolecular Hbond substituents is 1. The molecule has 0 aliphatic rings. The van der Waals surface area contributed by atoms with Gasteiger partial charge in [0.2, 0.25) is 0 Å². The Balaban J connectivity index is 3.33. The zero-order chi connectivity index (χ0) is 10.9. The van der Waals surface area contributed by atoms with Crippen LogP contribution in [0.2, 0.25) is 0 Å². The van der Waals surface area contributed by atoms with E-state index in [1.54, 1.807) is 19.1 Å². The lowest BCUT2D eigenvalue weighted by Crippen LogP contribution is -2.42. The molecule has 0 saturated heterocycles. The van der Waals surface area contributed by atoms with Gasteiger partial charge in [-0.3, -0.25) is 0 Å². The molecule has 1 aromatic carbocycles. The van der Waals surface area contributed by atoms with Crippen LogP contribution in [0.4, 0.5) is 0 Å². The summed E-state index contributed by atoms with van der Waals surface area (Å²) in [5.74, 6) is -1.06. The first-order chi connectivity index (χ1) is 6.37. The molecule has 76 valence electrons. The summed E-state index contributed by atoms with van der Waals surface area (Å²) < 4.78 is 0. The van der Waals surface area contributed by atoms with Gasteiger partial charge in [-0.05, 0) is 31.0 Å². The predicted molar refractivity (Wildman–Crippen MR) is 52.0 cm³/mol. The molecule has 1 aromatic rings. The lowest BCUT2D eigenvalue weighted by molar-refractivity contribution is -0.143. The fraction of sp³-hybridized carbons (Fsp3) is 0.300. The van der Waals surface area contributed by atoms with Gasteiger partial charge in [0.05, 0.1) is 0 Å². The average Bonchev–Trinajstić information content (AvgIpc) is 2.09. The smallest absolute Gasteiger partial charge is 0.328 e. The number of carbonyl (C=O) groups is 1. The van der Waals surface area contributed by atoms with Crippen LogP contribution in [-0.4, -0.2) is 16.2 Å². The van der Waals surface area contributed by atoms with E-state index >= 15 is 0 Å². The van der Waals surface area contributed by atoms with Gasteiger partial charge in [0, 0.05) is 0 Å². The molecule has 14 heavy (non-hydrogen) atoms. The van der Waals surface area contributed by atoms with E-state index < -0.39 is 11.5 Å². The second kappa shape index (κ2) is 3.31. The molecule has 0 aliphatic heterocycles. The number of rotatable bonds is 2. The molecule has 4 N–H and O–H groups in total. The van der Waals surface area contributed by atoms with Gasteiger partial charge < -0.3 is 15.9 Å². The van der Waals surface area contributed by atoms with Crippen LogP contribution in [0, 0.1) is 6.92 Å². The zero-order valence-electron chi connectivity index (χ0n) is 8.11. The molecule has 0 aromatic heterocycles. The van der Waals surface area contributed by atoms with Crippen LogP contribution in [0.25, 0.3) is 0 Å². The number of hydrogen-bond donors (Lipinski definition) is 3. The Morgan fingerprint density at radius 2 is 2.07 bits per heavy atom. The summed E-state index contributed by atoms with van der Waals surface area (Å²) in [6, 6.07) is 4.67. The molecule has 0 heterocycles. The minimum absolute atomic E-state index is 0.0559. The number of carboxylic acids is 1. The molecule has 4 nitrogen and oxygen atoms in total. The van der Waals surface area contributed by atoms with E-state index in [1.807, 2.05) is 0 Å². The number of aliphatic carboxylic acids is 1. The molecular formula is C10H13NO3. The van der Waals surface area contributed by atoms with Crippen LogP contribution in [0.3, 0.4) is 0 Å². The molecule has 0 radical (unpaired) electrons. The van der Waals surface area contributed by atoms with Gasteiger partial charge in [0.25, 0.3) is 0 Å². The standard InChI is InChI=1S/C10H13NO3/c1-6-7(4-3-5-8(6)12)10(2,11)9(13)14/h3-5,12H,11H2,1-2H3,(H,13,14)/t10-/m0/s1. The minimum Gasteiger partial charge on any atom is -0.508 e. The Labute approximate surface area is 82.0 Å². The summed E-state index contributed by atoms with van der Waals surface area (Å²) in [4.78, 5) is 10.9. The first-order valence-corrected chi connectivity index (χ1v) is 4.18. The van der Waals surface area contributed by atoms with E-state index in [1.165, 1.54) is 13.0 Å². The molecule has 1 atom stereocenters. The van der Waals surface area contributed by atoms with E-state index in [0.29, 0.717) is 11.1 Å². The Kier molecular flexibility index (Phi) is 2.49. The first kappa shape index (κ1) is 10.5. The van der Waals surface area contributed by atoms with Crippen molar-refractivity contribution in [2.45, 2.75) is 19.4 Å². The van der Waals surface area contributed by atoms with Crippen LogP contribution in [0.5, 0.6) is 5.75 Å². The summed E-state index contributed by atoms with van der Waals surface area (Å²) >= 11 is 0. The van der Waals surface area contributed by atoms with Crippen LogP contribution < -0.4 is 5.73 Å². The molecule has 4 heteroatoms. The maximum atomic E-state index is 10.9. The largest absolute Gasteiger partial charge is 0.508 e. The van der Waals surface area contributed by atoms with Gasteiger partial charge in [0.15, 0.2) is 0 Å². The van der Waals surface area contributed by atoms with E-state index in [9.17, 15) is 9.90 Å². The minimum atomic E-state index is -1.47. The molecule has 0 unspecified atom stereocenters. The average molecular weight is 195 g/mol. The summed E-state index contributed by atoms with van der Waals surface area (Å²) in [6.07, 6.45) is 0. The maximum absolute atomic E-state index is 10.9. The molecule has 0 spiro atoms. The Hall–Kier alpha value is -1.55. The van der Waals surface area contributed by atoms with Crippen molar-refractivity contribution in [1.29, 1.82) is 0 Å². The Morgan fingerprint density at radius 3 is 2.57 bits per heavy atom. The molecule has 0 saturated carbocycles. The van der Waals surface area contributed by atoms with Crippen molar-refractivity contribution in [2.75, 3.05) is 0 Å². The third-order valence-corrected chi connectivity index (χ3v) is 2.31. The summed E-state index contributed by atoms with van der Waals surface area (Å²) in [7, 11) is 0. The van der Waals surface area contributed by atoms with Crippen molar-refractivity contribution in [2.24, 2.45) is 5.73 Å². The number of hydrogen-bond acceptors (Lipinski definition) is 3. The van der Waals surface area contributed by atoms with Gasteiger partial charge in [-0.1, -0.05) is 12.1 Å². The second-order valence-corrected chi connectivity index (χ2v) is 3.46. The molecule has 0 aliphatic carbocycles. The topological polar surface area (TPSA) is 83.5 Å². The highest BCUT2D eigenvalue weighted by molar-refractivity contribution is 5.80. The van der Waals surface area contributed by atoms with Crippen LogP contribution in [0.15, 0.2) is 18.2 Å². The number of carboxylic acid groups (broad SMARTS) is 1. The number of benzene rings is 1. The van der Waals surface area contributed by atoms with Gasteiger partial charge in [0.1, 0.15) is 11.3 Å². The molecule has 1 rings (SSSR count). The molecule has 0 fully saturated rings. The number of aromatic hydroxyl groups is 1. The van der Waals surface area contributed by atoms with Crippen molar-refractivity contribution >= 4 is 5.97 Å². The fourth-order valence-electron chi connectivity index (χ4n) is 1.30. The van der Waals surface area contributed by atoms with E-state index in [2.05, 4.69) is 0 Å². The molecule has 0 amide bonds. The third kappa shape index (κ3) is 1.56. The lowest BCUT2D eigenvalue weighted by atomic mass is 9.89. The monoisotopic (exact) mass is 195 g/mol. The lowest BCUT2D eigenvalue weighted by Gasteiger charge is -2.22. The van der Waals surface area contributed by atoms with Crippen molar-refractivity contribution in [3.63, 3.8) is 0 Å². The predicted octanol–water partition coefficient (Wildman–Crippen LogP) is 0.959. The second-order valence-electron chi connectivity index (χ2n) is 3.46. The van der Waals surface area contributed by atoms with E-state index in [-0.39, 0.29) is 5.75 Å². The maximum Gasteiger partial charge on any atom is 0.328 e. The van der Waals surface area contributed by atoms with Crippen LogP contribution >= 0.6 is 0 Å². The quantitative estimate of drug-likeness (QED) is 0.656. The van der Waals surface area contributed by atoms with Crippen LogP contribution in [-0.2, 0) is 10.3 Å². The van der Waals surface area contributed by atoms with Gasteiger partial charge in [-0.15, -0.1) is 0 Å². The van der Waals surface area contributed by atoms with E-state index in [4.69, 9.17) is 10.8 Å². The third-order valence-electron chi connectivity index (χ3n) is 2.31. The Morgan fingerprint density at radius 1 is 1.50 bits per heavy atom. The fourth-order valence-corrected chi connectivity index (χ4v) is 1.30. The van der Waals surface area contributed by atoms with Crippen molar-refractivity contribution < 1.29 is 15.0 Å². The number of nitrogens with two attached hydrogens (primary N) is 1. The normalized spacial score (nSPS) is 14.8. The molecular weight excluding hydrogens is 182 g/mol. The van der Waals surface area contributed by atoms with Crippen molar-refractivity contribution in [3.05, 3.63) is 29.3 Å². The highest BCUT2D eigenvalue weighted by Crippen LogP contribution is 2.27. The zero-order valence-corrected chi connectivity index (χ0v) is 8.11. The summed E-state index contributed by atoms with van der Waals surface area (Å²) in [5, 5.41) is 18.3. The van der Waals surface area contributed by atoms with Gasteiger partial charge in [-0.25, -0.2) is 4.79 Å². The van der Waals surface area contributed by atoms with Gasteiger partial charge >= 0.3 is 5.97 Å². The number of phenols is 1. The van der Waals surface area contributed by atoms with E-state index in [0.717, 1.165) is 0 Å². The summed E-state index contributed by atoms with van der Waals surface area (Å²) in [5.41, 5.74) is 5.09.